The molecular formula is C22H23N3O3S2. The van der Waals surface area contributed by atoms with E-state index in [9.17, 15) is 8.42 Å². The minimum absolute atomic E-state index is 0.132. The van der Waals surface area contributed by atoms with Gasteiger partial charge in [-0.1, -0.05) is 31.2 Å². The summed E-state index contributed by atoms with van der Waals surface area (Å²) in [6.07, 6.45) is 0.976. The van der Waals surface area contributed by atoms with Crippen LogP contribution in [0.1, 0.15) is 12.5 Å². The lowest BCUT2D eigenvalue weighted by molar-refractivity contribution is 0.417. The van der Waals surface area contributed by atoms with Crippen LogP contribution in [0.4, 0.5) is 17.1 Å². The normalized spacial score (nSPS) is 10.9. The highest BCUT2D eigenvalue weighted by atomic mass is 32.2. The van der Waals surface area contributed by atoms with Crippen molar-refractivity contribution >= 4 is 44.4 Å². The van der Waals surface area contributed by atoms with Gasteiger partial charge in [0.15, 0.2) is 5.11 Å². The fraction of sp³-hybridized carbons (Fsp3) is 0.136. The van der Waals surface area contributed by atoms with Crippen molar-refractivity contribution in [2.24, 2.45) is 0 Å². The fourth-order valence-electron chi connectivity index (χ4n) is 2.77. The topological polar surface area (TPSA) is 79.5 Å². The second-order valence-corrected chi connectivity index (χ2v) is 8.55. The summed E-state index contributed by atoms with van der Waals surface area (Å²) in [7, 11) is -2.26. The molecule has 0 saturated carbocycles. The SMILES string of the molecule is CCc1ccc(NC(=S)Nc2ccc(S(=O)(=O)Nc3ccccc3OC)cc2)cc1. The van der Waals surface area contributed by atoms with E-state index in [1.165, 1.54) is 24.8 Å². The zero-order valence-electron chi connectivity index (χ0n) is 16.7. The molecule has 0 bridgehead atoms. The molecule has 3 aromatic rings. The van der Waals surface area contributed by atoms with Crippen molar-refractivity contribution in [1.29, 1.82) is 0 Å². The summed E-state index contributed by atoms with van der Waals surface area (Å²) in [5, 5.41) is 6.58. The van der Waals surface area contributed by atoms with Gasteiger partial charge in [-0.2, -0.15) is 0 Å². The van der Waals surface area contributed by atoms with Gasteiger partial charge >= 0.3 is 0 Å². The van der Waals surface area contributed by atoms with E-state index in [4.69, 9.17) is 17.0 Å². The molecule has 3 rings (SSSR count). The maximum absolute atomic E-state index is 12.7. The second kappa shape index (κ2) is 9.60. The summed E-state index contributed by atoms with van der Waals surface area (Å²) < 4.78 is 33.1. The Morgan fingerprint density at radius 3 is 2.03 bits per heavy atom. The minimum Gasteiger partial charge on any atom is -0.495 e. The van der Waals surface area contributed by atoms with Crippen LogP contribution in [0.15, 0.2) is 77.7 Å². The quantitative estimate of drug-likeness (QED) is 0.454. The molecule has 0 heterocycles. The van der Waals surface area contributed by atoms with Crippen molar-refractivity contribution in [2.45, 2.75) is 18.2 Å². The minimum atomic E-state index is -3.75. The lowest BCUT2D eigenvalue weighted by Crippen LogP contribution is -2.19. The Hall–Kier alpha value is -3.10. The first-order chi connectivity index (χ1) is 14.4. The molecule has 156 valence electrons. The smallest absolute Gasteiger partial charge is 0.262 e. The van der Waals surface area contributed by atoms with Crippen molar-refractivity contribution in [1.82, 2.24) is 0 Å². The van der Waals surface area contributed by atoms with Gasteiger partial charge in [0, 0.05) is 11.4 Å². The van der Waals surface area contributed by atoms with Crippen molar-refractivity contribution in [2.75, 3.05) is 22.5 Å². The predicted octanol–water partition coefficient (Wildman–Crippen LogP) is 4.87. The van der Waals surface area contributed by atoms with Crippen LogP contribution in [-0.2, 0) is 16.4 Å². The number of thiocarbonyl (C=S) groups is 1. The Morgan fingerprint density at radius 2 is 1.47 bits per heavy atom. The molecular weight excluding hydrogens is 418 g/mol. The third-order valence-corrected chi connectivity index (χ3v) is 5.98. The van der Waals surface area contributed by atoms with E-state index in [2.05, 4.69) is 22.3 Å². The number of hydrogen-bond donors (Lipinski definition) is 3. The van der Waals surface area contributed by atoms with Crippen LogP contribution in [0, 0.1) is 0 Å². The summed E-state index contributed by atoms with van der Waals surface area (Å²) in [5.74, 6) is 0.447. The van der Waals surface area contributed by atoms with Gasteiger partial charge in [0.1, 0.15) is 5.75 Å². The Labute approximate surface area is 182 Å². The van der Waals surface area contributed by atoms with Crippen molar-refractivity contribution in [3.63, 3.8) is 0 Å². The molecule has 3 aromatic carbocycles. The Bertz CT molecular complexity index is 1110. The summed E-state index contributed by atoms with van der Waals surface area (Å²) in [6, 6.07) is 21.2. The summed E-state index contributed by atoms with van der Waals surface area (Å²) in [5.41, 5.74) is 3.18. The molecule has 0 saturated heterocycles. The van der Waals surface area contributed by atoms with Crippen LogP contribution in [0.2, 0.25) is 0 Å². The van der Waals surface area contributed by atoms with E-state index in [1.807, 2.05) is 24.3 Å². The predicted molar refractivity (Wildman–Crippen MR) is 126 cm³/mol. The monoisotopic (exact) mass is 441 g/mol. The molecule has 0 aliphatic carbocycles. The van der Waals surface area contributed by atoms with Crippen LogP contribution >= 0.6 is 12.2 Å². The summed E-state index contributed by atoms with van der Waals surface area (Å²) in [4.78, 5) is 0.132. The van der Waals surface area contributed by atoms with Crippen LogP contribution in [-0.4, -0.2) is 20.6 Å². The maximum atomic E-state index is 12.7. The second-order valence-electron chi connectivity index (χ2n) is 6.46. The Morgan fingerprint density at radius 1 is 0.900 bits per heavy atom. The molecule has 3 N–H and O–H groups in total. The van der Waals surface area contributed by atoms with E-state index in [0.717, 1.165) is 12.1 Å². The molecule has 0 unspecified atom stereocenters. The number of anilines is 3. The average Bonchev–Trinajstić information content (AvgIpc) is 2.75. The van der Waals surface area contributed by atoms with Crippen LogP contribution in [0.3, 0.4) is 0 Å². The largest absolute Gasteiger partial charge is 0.495 e. The molecule has 8 heteroatoms. The van der Waals surface area contributed by atoms with Crippen molar-refractivity contribution in [3.05, 3.63) is 78.4 Å². The van der Waals surface area contributed by atoms with Crippen molar-refractivity contribution < 1.29 is 13.2 Å². The van der Waals surface area contributed by atoms with Gasteiger partial charge in [0.2, 0.25) is 0 Å². The summed E-state index contributed by atoms with van der Waals surface area (Å²) in [6.45, 7) is 2.10. The first-order valence-electron chi connectivity index (χ1n) is 9.34. The molecule has 0 aromatic heterocycles. The number of sulfonamides is 1. The first-order valence-corrected chi connectivity index (χ1v) is 11.2. The third-order valence-electron chi connectivity index (χ3n) is 4.39. The molecule has 0 radical (unpaired) electrons. The molecule has 30 heavy (non-hydrogen) atoms. The molecule has 0 spiro atoms. The molecule has 0 fully saturated rings. The molecule has 0 atom stereocenters. The molecule has 0 aliphatic rings. The average molecular weight is 442 g/mol. The van der Waals surface area contributed by atoms with Gasteiger partial charge < -0.3 is 15.4 Å². The number of para-hydroxylation sites is 2. The van der Waals surface area contributed by atoms with Gasteiger partial charge in [-0.25, -0.2) is 8.42 Å². The van der Waals surface area contributed by atoms with E-state index in [0.29, 0.717) is 22.2 Å². The van der Waals surface area contributed by atoms with Crippen LogP contribution < -0.4 is 20.1 Å². The van der Waals surface area contributed by atoms with Crippen LogP contribution in [0.5, 0.6) is 5.75 Å². The standard InChI is InChI=1S/C22H23N3O3S2/c1-3-16-8-10-17(11-9-16)23-22(29)24-18-12-14-19(15-13-18)30(26,27)25-20-6-4-5-7-21(20)28-2/h4-15,25H,3H2,1-2H3,(H2,23,24,29). The molecule has 0 amide bonds. The number of methoxy groups -OCH3 is 1. The maximum Gasteiger partial charge on any atom is 0.262 e. The van der Waals surface area contributed by atoms with Gasteiger partial charge in [-0.15, -0.1) is 0 Å². The number of aryl methyl sites for hydroxylation is 1. The summed E-state index contributed by atoms with van der Waals surface area (Å²) >= 11 is 5.33. The molecule has 6 nitrogen and oxygen atoms in total. The number of nitrogens with one attached hydrogen (secondary N) is 3. The zero-order chi connectivity index (χ0) is 21.6. The highest BCUT2D eigenvalue weighted by Crippen LogP contribution is 2.26. The fourth-order valence-corrected chi connectivity index (χ4v) is 4.07. The van der Waals surface area contributed by atoms with Gasteiger partial charge in [-0.05, 0) is 72.7 Å². The number of rotatable bonds is 7. The Kier molecular flexibility index (Phi) is 6.91. The lowest BCUT2D eigenvalue weighted by Gasteiger charge is -2.13. The number of hydrogen-bond acceptors (Lipinski definition) is 4. The van der Waals surface area contributed by atoms with Gasteiger partial charge in [-0.3, -0.25) is 4.72 Å². The van der Waals surface area contributed by atoms with Crippen molar-refractivity contribution in [3.8, 4) is 5.75 Å². The first kappa shape index (κ1) is 21.6. The highest BCUT2D eigenvalue weighted by Gasteiger charge is 2.16. The highest BCUT2D eigenvalue weighted by molar-refractivity contribution is 7.92. The van der Waals surface area contributed by atoms with Gasteiger partial charge in [0.25, 0.3) is 10.0 Å². The van der Waals surface area contributed by atoms with E-state index >= 15 is 0 Å². The van der Waals surface area contributed by atoms with Crippen LogP contribution in [0.25, 0.3) is 0 Å². The van der Waals surface area contributed by atoms with E-state index in [1.54, 1.807) is 36.4 Å². The van der Waals surface area contributed by atoms with E-state index in [-0.39, 0.29) is 4.90 Å². The molecule has 0 aliphatic heterocycles. The lowest BCUT2D eigenvalue weighted by atomic mass is 10.1. The zero-order valence-corrected chi connectivity index (χ0v) is 18.3. The number of benzene rings is 3. The third kappa shape index (κ3) is 5.49. The van der Waals surface area contributed by atoms with Gasteiger partial charge in [0.05, 0.1) is 17.7 Å². The Balaban J connectivity index is 1.65. The van der Waals surface area contributed by atoms with E-state index < -0.39 is 10.0 Å². The number of ether oxygens (including phenoxy) is 1.